The Hall–Kier alpha value is -1.64. The first-order chi connectivity index (χ1) is 16.0. The Morgan fingerprint density at radius 1 is 0.794 bits per heavy atom. The van der Waals surface area contributed by atoms with Crippen molar-refractivity contribution in [3.8, 4) is 0 Å². The van der Waals surface area contributed by atoms with Crippen LogP contribution >= 0.6 is 0 Å². The van der Waals surface area contributed by atoms with Gasteiger partial charge in [-0.15, -0.1) is 0 Å². The molecule has 0 aromatic carbocycles. The number of ketones is 3. The van der Waals surface area contributed by atoms with Gasteiger partial charge in [-0.2, -0.15) is 0 Å². The van der Waals surface area contributed by atoms with E-state index in [-0.39, 0.29) is 87.6 Å². The molecular weight excluding hydrogens is 438 g/mol. The van der Waals surface area contributed by atoms with Crippen molar-refractivity contribution < 1.29 is 33.4 Å². The lowest BCUT2D eigenvalue weighted by atomic mass is 10.0. The summed E-state index contributed by atoms with van der Waals surface area (Å²) in [7, 11) is 0. The van der Waals surface area contributed by atoms with Gasteiger partial charge in [-0.3, -0.25) is 19.2 Å². The van der Waals surface area contributed by atoms with E-state index in [0.29, 0.717) is 19.3 Å². The Morgan fingerprint density at radius 2 is 1.26 bits per heavy atom. The molecule has 1 unspecified atom stereocenters. The molecule has 1 amide bonds. The van der Waals surface area contributed by atoms with E-state index in [4.69, 9.17) is 14.2 Å². The maximum absolute atomic E-state index is 12.6. The molecule has 0 saturated carbocycles. The average molecular weight is 488 g/mol. The van der Waals surface area contributed by atoms with Crippen LogP contribution in [-0.4, -0.2) is 68.4 Å². The SMILES string of the molecule is CC.CCC(=O)CCOCC(COCCC(C)=O)(COCCC(=O)C(C)C)NC(=O)CC(C)C. The van der Waals surface area contributed by atoms with Gasteiger partial charge in [0.15, 0.2) is 0 Å². The molecule has 0 aliphatic heterocycles. The molecule has 0 fully saturated rings. The molecule has 0 aromatic rings. The first-order valence-corrected chi connectivity index (χ1v) is 12.6. The largest absolute Gasteiger partial charge is 0.378 e. The van der Waals surface area contributed by atoms with Crippen molar-refractivity contribution in [3.05, 3.63) is 0 Å². The highest BCUT2D eigenvalue weighted by molar-refractivity contribution is 5.80. The highest BCUT2D eigenvalue weighted by Gasteiger charge is 2.34. The molecule has 0 rings (SSSR count). The number of hydrogen-bond donors (Lipinski definition) is 1. The van der Waals surface area contributed by atoms with Crippen LogP contribution in [0.2, 0.25) is 0 Å². The molecule has 0 aliphatic rings. The minimum absolute atomic E-state index is 0.0113. The van der Waals surface area contributed by atoms with E-state index in [1.807, 2.05) is 41.5 Å². The highest BCUT2D eigenvalue weighted by Crippen LogP contribution is 2.13. The fourth-order valence-corrected chi connectivity index (χ4v) is 2.79. The number of Topliss-reactive ketones (excluding diaryl/α,β-unsaturated/α-hetero) is 3. The van der Waals surface area contributed by atoms with E-state index < -0.39 is 5.54 Å². The Kier molecular flexibility index (Phi) is 21.0. The normalized spacial score (nSPS) is 12.6. The Labute approximate surface area is 206 Å². The molecule has 0 heterocycles. The minimum Gasteiger partial charge on any atom is -0.378 e. The lowest BCUT2D eigenvalue weighted by molar-refractivity contribution is -0.130. The van der Waals surface area contributed by atoms with Gasteiger partial charge in [0.2, 0.25) is 5.91 Å². The number of hydrogen-bond acceptors (Lipinski definition) is 7. The van der Waals surface area contributed by atoms with Crippen LogP contribution in [0.3, 0.4) is 0 Å². The summed E-state index contributed by atoms with van der Waals surface area (Å²) in [5.41, 5.74) is -0.987. The molecule has 8 heteroatoms. The van der Waals surface area contributed by atoms with Crippen molar-refractivity contribution in [1.29, 1.82) is 0 Å². The Bertz CT molecular complexity index is 590. The summed E-state index contributed by atoms with van der Waals surface area (Å²) in [5, 5.41) is 2.99. The number of ether oxygens (including phenoxy) is 3. The molecular formula is C26H49NO7. The van der Waals surface area contributed by atoms with E-state index >= 15 is 0 Å². The second kappa shape index (κ2) is 20.7. The number of nitrogens with one attached hydrogen (secondary N) is 1. The molecule has 0 radical (unpaired) electrons. The lowest BCUT2D eigenvalue weighted by Crippen LogP contribution is -2.59. The number of amides is 1. The van der Waals surface area contributed by atoms with Gasteiger partial charge in [0.25, 0.3) is 0 Å². The molecule has 1 atom stereocenters. The van der Waals surface area contributed by atoms with Crippen LogP contribution in [0.1, 0.15) is 87.5 Å². The summed E-state index contributed by atoms with van der Waals surface area (Å²) in [4.78, 5) is 47.3. The van der Waals surface area contributed by atoms with Crippen LogP contribution in [0.25, 0.3) is 0 Å². The first-order valence-electron chi connectivity index (χ1n) is 12.6. The van der Waals surface area contributed by atoms with Gasteiger partial charge >= 0.3 is 0 Å². The fourth-order valence-electron chi connectivity index (χ4n) is 2.79. The number of carbonyl (C=O) groups excluding carboxylic acids is 4. The standard InChI is InChI=1S/C24H43NO7.C2H6/c1-7-21(27)9-12-31-16-24(15-30-11-8-20(6)26,25-23(29)14-18(2)3)17-32-13-10-22(28)19(4)5;1-2/h18-19H,7-17H2,1-6H3,(H,25,29);1-2H3. The predicted molar refractivity (Wildman–Crippen MR) is 134 cm³/mol. The summed E-state index contributed by atoms with van der Waals surface area (Å²) >= 11 is 0. The van der Waals surface area contributed by atoms with Gasteiger partial charge in [0.05, 0.1) is 39.6 Å². The van der Waals surface area contributed by atoms with Gasteiger partial charge in [-0.05, 0) is 12.8 Å². The molecule has 0 aromatic heterocycles. The van der Waals surface area contributed by atoms with Gasteiger partial charge < -0.3 is 19.5 Å². The van der Waals surface area contributed by atoms with Crippen molar-refractivity contribution in [1.82, 2.24) is 5.32 Å². The molecule has 34 heavy (non-hydrogen) atoms. The predicted octanol–water partition coefficient (Wildman–Crippen LogP) is 3.93. The van der Waals surface area contributed by atoms with Crippen molar-refractivity contribution in [2.45, 2.75) is 93.0 Å². The Balaban J connectivity index is 0. The van der Waals surface area contributed by atoms with Gasteiger partial charge in [0.1, 0.15) is 22.9 Å². The van der Waals surface area contributed by atoms with Gasteiger partial charge in [0, 0.05) is 38.0 Å². The second-order valence-corrected chi connectivity index (χ2v) is 9.05. The number of rotatable bonds is 20. The summed E-state index contributed by atoms with van der Waals surface area (Å²) in [6.07, 6.45) is 1.62. The molecule has 0 bridgehead atoms. The van der Waals surface area contributed by atoms with E-state index in [2.05, 4.69) is 5.32 Å². The van der Waals surface area contributed by atoms with Crippen molar-refractivity contribution in [3.63, 3.8) is 0 Å². The Morgan fingerprint density at radius 3 is 1.68 bits per heavy atom. The van der Waals surface area contributed by atoms with Crippen LogP contribution < -0.4 is 5.32 Å². The van der Waals surface area contributed by atoms with Crippen molar-refractivity contribution in [2.24, 2.45) is 11.8 Å². The maximum atomic E-state index is 12.6. The van der Waals surface area contributed by atoms with Crippen LogP contribution in [-0.2, 0) is 33.4 Å². The van der Waals surface area contributed by atoms with Crippen molar-refractivity contribution in [2.75, 3.05) is 39.6 Å². The monoisotopic (exact) mass is 487 g/mol. The lowest BCUT2D eigenvalue weighted by Gasteiger charge is -2.34. The van der Waals surface area contributed by atoms with Crippen molar-refractivity contribution >= 4 is 23.3 Å². The van der Waals surface area contributed by atoms with Crippen LogP contribution in [0, 0.1) is 11.8 Å². The third-order valence-electron chi connectivity index (χ3n) is 4.79. The molecule has 0 aliphatic carbocycles. The third-order valence-corrected chi connectivity index (χ3v) is 4.79. The minimum atomic E-state index is -0.987. The van der Waals surface area contributed by atoms with E-state index in [1.165, 1.54) is 6.92 Å². The first kappa shape index (κ1) is 34.5. The summed E-state index contributed by atoms with van der Waals surface area (Å²) < 4.78 is 17.2. The number of carbonyl (C=O) groups is 4. The summed E-state index contributed by atoms with van der Waals surface area (Å²) in [5.74, 6) is 0.150. The van der Waals surface area contributed by atoms with Crippen LogP contribution in [0.5, 0.6) is 0 Å². The zero-order chi connectivity index (χ0) is 26.6. The van der Waals surface area contributed by atoms with E-state index in [9.17, 15) is 19.2 Å². The fraction of sp³-hybridized carbons (Fsp3) is 0.846. The zero-order valence-corrected chi connectivity index (χ0v) is 22.8. The van der Waals surface area contributed by atoms with Gasteiger partial charge in [-0.1, -0.05) is 48.5 Å². The average Bonchev–Trinajstić information content (AvgIpc) is 2.77. The molecule has 1 N–H and O–H groups in total. The molecule has 200 valence electrons. The maximum Gasteiger partial charge on any atom is 0.220 e. The summed E-state index contributed by atoms with van der Waals surface area (Å²) in [6, 6.07) is 0. The molecule has 0 saturated heterocycles. The second-order valence-electron chi connectivity index (χ2n) is 9.05. The quantitative estimate of drug-likeness (QED) is 0.259. The summed E-state index contributed by atoms with van der Waals surface area (Å²) in [6.45, 7) is 15.8. The van der Waals surface area contributed by atoms with E-state index in [0.717, 1.165) is 0 Å². The smallest absolute Gasteiger partial charge is 0.220 e. The molecule has 0 spiro atoms. The van der Waals surface area contributed by atoms with Gasteiger partial charge in [-0.25, -0.2) is 0 Å². The van der Waals surface area contributed by atoms with Crippen LogP contribution in [0.4, 0.5) is 0 Å². The van der Waals surface area contributed by atoms with E-state index in [1.54, 1.807) is 6.92 Å². The topological polar surface area (TPSA) is 108 Å². The zero-order valence-electron chi connectivity index (χ0n) is 22.8. The highest BCUT2D eigenvalue weighted by atomic mass is 16.5. The molecule has 8 nitrogen and oxygen atoms in total. The third kappa shape index (κ3) is 18.7. The van der Waals surface area contributed by atoms with Crippen LogP contribution in [0.15, 0.2) is 0 Å².